The van der Waals surface area contributed by atoms with Gasteiger partial charge in [-0.3, -0.25) is 9.78 Å². The van der Waals surface area contributed by atoms with E-state index in [2.05, 4.69) is 26.2 Å². The summed E-state index contributed by atoms with van der Waals surface area (Å²) in [5.41, 5.74) is 1.20. The first-order valence-corrected chi connectivity index (χ1v) is 6.00. The smallest absolute Gasteiger partial charge is 0.255 e. The van der Waals surface area contributed by atoms with Crippen molar-refractivity contribution in [2.45, 2.75) is 0 Å². The van der Waals surface area contributed by atoms with E-state index in [0.29, 0.717) is 16.3 Å². The van der Waals surface area contributed by atoms with Gasteiger partial charge in [0.15, 0.2) is 0 Å². The van der Waals surface area contributed by atoms with Crippen LogP contribution in [0.1, 0.15) is 10.4 Å². The number of hydrogen-bond donors (Lipinski definition) is 1. The lowest BCUT2D eigenvalue weighted by molar-refractivity contribution is 0.102. The summed E-state index contributed by atoms with van der Waals surface area (Å²) in [5.74, 6) is -0.209. The molecule has 1 aromatic carbocycles. The van der Waals surface area contributed by atoms with Crippen LogP contribution in [0.25, 0.3) is 0 Å². The van der Waals surface area contributed by atoms with Crippen LogP contribution in [0.15, 0.2) is 47.2 Å². The second-order valence-electron chi connectivity index (χ2n) is 3.35. The zero-order valence-electron chi connectivity index (χ0n) is 8.65. The molecule has 0 bridgehead atoms. The van der Waals surface area contributed by atoms with Crippen molar-refractivity contribution < 1.29 is 4.79 Å². The van der Waals surface area contributed by atoms with Crippen LogP contribution >= 0.6 is 27.5 Å². The number of carbonyl (C=O) groups excluding carboxylic acids is 1. The van der Waals surface area contributed by atoms with Crippen molar-refractivity contribution in [2.75, 3.05) is 5.32 Å². The molecule has 0 radical (unpaired) electrons. The SMILES string of the molecule is O=C(Nc1ccncc1)c1cc(Cl)cc(Br)c1. The average Bonchev–Trinajstić information content (AvgIpc) is 2.29. The van der Waals surface area contributed by atoms with Crippen LogP contribution in [0.3, 0.4) is 0 Å². The molecule has 17 heavy (non-hydrogen) atoms. The molecule has 2 aromatic rings. The van der Waals surface area contributed by atoms with Crippen LogP contribution in [0.2, 0.25) is 5.02 Å². The topological polar surface area (TPSA) is 42.0 Å². The summed E-state index contributed by atoms with van der Waals surface area (Å²) in [6.07, 6.45) is 3.23. The highest BCUT2D eigenvalue weighted by atomic mass is 79.9. The Morgan fingerprint density at radius 2 is 1.94 bits per heavy atom. The predicted octanol–water partition coefficient (Wildman–Crippen LogP) is 3.75. The van der Waals surface area contributed by atoms with Gasteiger partial charge in [0.2, 0.25) is 0 Å². The van der Waals surface area contributed by atoms with Crippen LogP contribution in [0.5, 0.6) is 0 Å². The minimum Gasteiger partial charge on any atom is -0.322 e. The summed E-state index contributed by atoms with van der Waals surface area (Å²) in [6.45, 7) is 0. The van der Waals surface area contributed by atoms with Crippen LogP contribution in [0, 0.1) is 0 Å². The number of rotatable bonds is 2. The molecule has 5 heteroatoms. The number of amides is 1. The van der Waals surface area contributed by atoms with Gasteiger partial charge in [0.25, 0.3) is 5.91 Å². The normalized spacial score (nSPS) is 10.0. The predicted molar refractivity (Wildman–Crippen MR) is 71.3 cm³/mol. The molecule has 1 heterocycles. The van der Waals surface area contributed by atoms with E-state index in [-0.39, 0.29) is 5.91 Å². The number of halogens is 2. The Labute approximate surface area is 112 Å². The molecule has 1 N–H and O–H groups in total. The highest BCUT2D eigenvalue weighted by Gasteiger charge is 2.07. The van der Waals surface area contributed by atoms with Crippen LogP contribution in [0.4, 0.5) is 5.69 Å². The molecule has 0 saturated carbocycles. The molecule has 86 valence electrons. The summed E-state index contributed by atoms with van der Waals surface area (Å²) in [6, 6.07) is 8.49. The number of aromatic nitrogens is 1. The molecule has 3 nitrogen and oxygen atoms in total. The van der Waals surface area contributed by atoms with Gasteiger partial charge in [-0.2, -0.15) is 0 Å². The Balaban J connectivity index is 2.20. The quantitative estimate of drug-likeness (QED) is 0.918. The van der Waals surface area contributed by atoms with E-state index < -0.39 is 0 Å². The summed E-state index contributed by atoms with van der Waals surface area (Å²) in [4.78, 5) is 15.8. The first-order valence-electron chi connectivity index (χ1n) is 4.82. The number of benzene rings is 1. The minimum atomic E-state index is -0.209. The molecule has 0 atom stereocenters. The Bertz CT molecular complexity index is 525. The maximum absolute atomic E-state index is 11.9. The van der Waals surface area contributed by atoms with Gasteiger partial charge < -0.3 is 5.32 Å². The lowest BCUT2D eigenvalue weighted by Crippen LogP contribution is -2.11. The van der Waals surface area contributed by atoms with Crippen LogP contribution < -0.4 is 5.32 Å². The van der Waals surface area contributed by atoms with Crippen molar-refractivity contribution in [3.05, 3.63) is 57.8 Å². The third-order valence-corrected chi connectivity index (χ3v) is 2.74. The summed E-state index contributed by atoms with van der Waals surface area (Å²) in [7, 11) is 0. The number of nitrogens with zero attached hydrogens (tertiary/aromatic N) is 1. The van der Waals surface area contributed by atoms with Gasteiger partial charge in [-0.25, -0.2) is 0 Å². The van der Waals surface area contributed by atoms with Crippen molar-refractivity contribution in [3.8, 4) is 0 Å². The fraction of sp³-hybridized carbons (Fsp3) is 0. The number of carbonyl (C=O) groups is 1. The molecule has 1 aromatic heterocycles. The molecule has 0 aliphatic carbocycles. The maximum Gasteiger partial charge on any atom is 0.255 e. The molecular formula is C12H8BrClN2O. The number of hydrogen-bond acceptors (Lipinski definition) is 2. The van der Waals surface area contributed by atoms with E-state index in [1.807, 2.05) is 0 Å². The van der Waals surface area contributed by atoms with E-state index >= 15 is 0 Å². The van der Waals surface area contributed by atoms with Gasteiger partial charge in [0, 0.05) is 33.1 Å². The van der Waals surface area contributed by atoms with Gasteiger partial charge in [-0.05, 0) is 30.3 Å². The van der Waals surface area contributed by atoms with E-state index in [1.54, 1.807) is 42.7 Å². The number of anilines is 1. The summed E-state index contributed by atoms with van der Waals surface area (Å²) in [5, 5.41) is 3.27. The monoisotopic (exact) mass is 310 g/mol. The molecule has 0 aliphatic rings. The molecular weight excluding hydrogens is 304 g/mol. The van der Waals surface area contributed by atoms with E-state index in [4.69, 9.17) is 11.6 Å². The fourth-order valence-corrected chi connectivity index (χ4v) is 2.18. The third-order valence-electron chi connectivity index (χ3n) is 2.06. The van der Waals surface area contributed by atoms with Crippen molar-refractivity contribution in [3.63, 3.8) is 0 Å². The molecule has 2 rings (SSSR count). The Kier molecular flexibility index (Phi) is 3.76. The van der Waals surface area contributed by atoms with Crippen molar-refractivity contribution in [2.24, 2.45) is 0 Å². The standard InChI is InChI=1S/C12H8BrClN2O/c13-9-5-8(6-10(14)7-9)12(17)16-11-1-3-15-4-2-11/h1-7H,(H,15,16,17). The first-order chi connectivity index (χ1) is 8.15. The van der Waals surface area contributed by atoms with E-state index in [9.17, 15) is 4.79 Å². The third kappa shape index (κ3) is 3.28. The molecule has 0 saturated heterocycles. The number of pyridine rings is 1. The fourth-order valence-electron chi connectivity index (χ4n) is 1.32. The van der Waals surface area contributed by atoms with Crippen LogP contribution in [-0.4, -0.2) is 10.9 Å². The highest BCUT2D eigenvalue weighted by Crippen LogP contribution is 2.20. The van der Waals surface area contributed by atoms with E-state index in [1.165, 1.54) is 0 Å². The number of nitrogens with one attached hydrogen (secondary N) is 1. The van der Waals surface area contributed by atoms with Gasteiger partial charge in [-0.1, -0.05) is 27.5 Å². The molecule has 1 amide bonds. The Morgan fingerprint density at radius 1 is 1.24 bits per heavy atom. The van der Waals surface area contributed by atoms with Gasteiger partial charge >= 0.3 is 0 Å². The Hall–Kier alpha value is -1.39. The van der Waals surface area contributed by atoms with Gasteiger partial charge in [-0.15, -0.1) is 0 Å². The Morgan fingerprint density at radius 3 is 2.59 bits per heavy atom. The van der Waals surface area contributed by atoms with E-state index in [0.717, 1.165) is 4.47 Å². The maximum atomic E-state index is 11.9. The van der Waals surface area contributed by atoms with Gasteiger partial charge in [0.05, 0.1) is 0 Å². The molecule has 0 unspecified atom stereocenters. The largest absolute Gasteiger partial charge is 0.322 e. The lowest BCUT2D eigenvalue weighted by atomic mass is 10.2. The van der Waals surface area contributed by atoms with Gasteiger partial charge in [0.1, 0.15) is 0 Å². The first kappa shape index (κ1) is 12.1. The molecule has 0 spiro atoms. The average molecular weight is 312 g/mol. The summed E-state index contributed by atoms with van der Waals surface area (Å²) >= 11 is 9.17. The zero-order chi connectivity index (χ0) is 12.3. The summed E-state index contributed by atoms with van der Waals surface area (Å²) < 4.78 is 0.768. The van der Waals surface area contributed by atoms with Crippen LogP contribution in [-0.2, 0) is 0 Å². The van der Waals surface area contributed by atoms with Crippen molar-refractivity contribution in [1.82, 2.24) is 4.98 Å². The zero-order valence-corrected chi connectivity index (χ0v) is 11.0. The molecule has 0 aliphatic heterocycles. The minimum absolute atomic E-state index is 0.209. The second kappa shape index (κ2) is 5.29. The highest BCUT2D eigenvalue weighted by molar-refractivity contribution is 9.10. The van der Waals surface area contributed by atoms with Crippen molar-refractivity contribution in [1.29, 1.82) is 0 Å². The lowest BCUT2D eigenvalue weighted by Gasteiger charge is -2.05. The second-order valence-corrected chi connectivity index (χ2v) is 4.70. The molecule has 0 fully saturated rings. The van der Waals surface area contributed by atoms with Crippen molar-refractivity contribution >= 4 is 39.1 Å².